The van der Waals surface area contributed by atoms with E-state index in [2.05, 4.69) is 42.7 Å². The fraction of sp³-hybridized carbons (Fsp3) is 0.644. The van der Waals surface area contributed by atoms with Gasteiger partial charge < -0.3 is 37.9 Å². The van der Waals surface area contributed by atoms with E-state index in [1.807, 2.05) is 51.1 Å². The summed E-state index contributed by atoms with van der Waals surface area (Å²) in [5.41, 5.74) is 4.50. The largest absolute Gasteiger partial charge is 0.488 e. The highest BCUT2D eigenvalue weighted by Gasteiger charge is 2.52. The zero-order chi connectivity index (χ0) is 40.7. The predicted molar refractivity (Wildman–Crippen MR) is 218 cm³/mol. The Kier molecular flexibility index (Phi) is 17.4. The third kappa shape index (κ3) is 14.2. The summed E-state index contributed by atoms with van der Waals surface area (Å²) in [6.07, 6.45) is 2.90. The van der Waals surface area contributed by atoms with Gasteiger partial charge in [-0.25, -0.2) is 9.59 Å². The molecule has 316 valence electrons. The molecule has 2 aliphatic heterocycles. The van der Waals surface area contributed by atoms with Crippen LogP contribution in [0, 0.1) is 20.8 Å². The number of benzene rings is 2. The van der Waals surface area contributed by atoms with Gasteiger partial charge in [0.05, 0.1) is 59.0 Å². The summed E-state index contributed by atoms with van der Waals surface area (Å²) < 4.78 is 47.0. The number of carbonyl (C=O) groups is 2. The van der Waals surface area contributed by atoms with Gasteiger partial charge in [-0.3, -0.25) is 9.80 Å². The van der Waals surface area contributed by atoms with Crippen LogP contribution in [0.15, 0.2) is 48.2 Å². The summed E-state index contributed by atoms with van der Waals surface area (Å²) in [6, 6.07) is 14.3. The summed E-state index contributed by atoms with van der Waals surface area (Å²) >= 11 is 0. The van der Waals surface area contributed by atoms with Gasteiger partial charge >= 0.3 is 11.9 Å². The third-order valence-electron chi connectivity index (χ3n) is 10.6. The van der Waals surface area contributed by atoms with E-state index >= 15 is 0 Å². The van der Waals surface area contributed by atoms with Crippen molar-refractivity contribution >= 4 is 17.5 Å². The van der Waals surface area contributed by atoms with Crippen molar-refractivity contribution in [1.82, 2.24) is 9.80 Å². The zero-order valence-electron chi connectivity index (χ0n) is 35.2. The second-order valence-corrected chi connectivity index (χ2v) is 16.4. The molecule has 0 atom stereocenters. The SMILES string of the molecule is Cc1cc(C)c(C2=C(OCc3ccccc3)C3(CCC(OCCOCCOCCN4CCN(CCOCCOCC(=O)OC(C)(C)C)CC4)CC3)OC2=O)c(C)c1. The average molecular weight is 795 g/mol. The zero-order valence-corrected chi connectivity index (χ0v) is 35.2. The lowest BCUT2D eigenvalue weighted by molar-refractivity contribution is -0.160. The van der Waals surface area contributed by atoms with Crippen molar-refractivity contribution in [3.05, 3.63) is 76.0 Å². The van der Waals surface area contributed by atoms with E-state index in [0.29, 0.717) is 83.6 Å². The quantitative estimate of drug-likeness (QED) is 0.106. The van der Waals surface area contributed by atoms with E-state index < -0.39 is 11.2 Å². The molecular formula is C45H66N2O10. The van der Waals surface area contributed by atoms with Crippen LogP contribution in [0.4, 0.5) is 0 Å². The van der Waals surface area contributed by atoms with Crippen molar-refractivity contribution in [2.45, 2.75) is 91.1 Å². The minimum atomic E-state index is -0.787. The van der Waals surface area contributed by atoms with Gasteiger partial charge in [0.25, 0.3) is 0 Å². The van der Waals surface area contributed by atoms with E-state index in [0.717, 1.165) is 79.9 Å². The predicted octanol–water partition coefficient (Wildman–Crippen LogP) is 5.82. The van der Waals surface area contributed by atoms with Gasteiger partial charge in [-0.2, -0.15) is 0 Å². The lowest BCUT2D eigenvalue weighted by Crippen LogP contribution is -2.48. The second kappa shape index (κ2) is 22.1. The first-order valence-corrected chi connectivity index (χ1v) is 20.7. The first-order valence-electron chi connectivity index (χ1n) is 20.7. The molecule has 2 heterocycles. The van der Waals surface area contributed by atoms with Gasteiger partial charge in [-0.05, 0) is 89.5 Å². The molecule has 3 aliphatic rings. The lowest BCUT2D eigenvalue weighted by atomic mass is 9.80. The highest BCUT2D eigenvalue weighted by Crippen LogP contribution is 2.48. The Morgan fingerprint density at radius 2 is 1.32 bits per heavy atom. The lowest BCUT2D eigenvalue weighted by Gasteiger charge is -2.37. The van der Waals surface area contributed by atoms with Gasteiger partial charge in [-0.15, -0.1) is 0 Å². The Hall–Kier alpha value is -3.36. The molecule has 1 saturated heterocycles. The highest BCUT2D eigenvalue weighted by molar-refractivity contribution is 6.20. The van der Waals surface area contributed by atoms with Crippen LogP contribution < -0.4 is 0 Å². The molecule has 2 fully saturated rings. The Bertz CT molecular complexity index is 1570. The molecule has 1 saturated carbocycles. The molecule has 0 N–H and O–H groups in total. The van der Waals surface area contributed by atoms with Gasteiger partial charge in [0.1, 0.15) is 24.4 Å². The fourth-order valence-corrected chi connectivity index (χ4v) is 7.84. The van der Waals surface area contributed by atoms with Crippen molar-refractivity contribution in [3.8, 4) is 0 Å². The van der Waals surface area contributed by atoms with Crippen LogP contribution >= 0.6 is 0 Å². The maximum atomic E-state index is 13.6. The molecule has 0 amide bonds. The van der Waals surface area contributed by atoms with E-state index in [1.54, 1.807) is 0 Å². The molecule has 5 rings (SSSR count). The first-order chi connectivity index (χ1) is 27.4. The van der Waals surface area contributed by atoms with E-state index in [-0.39, 0.29) is 24.6 Å². The summed E-state index contributed by atoms with van der Waals surface area (Å²) in [7, 11) is 0. The number of esters is 2. The van der Waals surface area contributed by atoms with Crippen LogP contribution in [0.1, 0.15) is 74.3 Å². The summed E-state index contributed by atoms with van der Waals surface area (Å²) in [5, 5.41) is 0. The van der Waals surface area contributed by atoms with E-state index in [9.17, 15) is 9.59 Å². The maximum Gasteiger partial charge on any atom is 0.343 e. The molecule has 12 nitrogen and oxygen atoms in total. The minimum Gasteiger partial charge on any atom is -0.488 e. The molecule has 0 aromatic heterocycles. The van der Waals surface area contributed by atoms with Crippen LogP contribution in [0.25, 0.3) is 5.57 Å². The molecule has 1 spiro atoms. The minimum absolute atomic E-state index is 0.0539. The van der Waals surface area contributed by atoms with Crippen molar-refractivity contribution in [1.29, 1.82) is 0 Å². The van der Waals surface area contributed by atoms with Gasteiger partial charge in [0.2, 0.25) is 0 Å². The molecule has 1 aliphatic carbocycles. The van der Waals surface area contributed by atoms with Crippen LogP contribution in [0.5, 0.6) is 0 Å². The summed E-state index contributed by atoms with van der Waals surface area (Å²) in [6.45, 7) is 22.0. The average Bonchev–Trinajstić information content (AvgIpc) is 3.42. The normalized spacial score (nSPS) is 20.7. The Morgan fingerprint density at radius 3 is 1.89 bits per heavy atom. The maximum absolute atomic E-state index is 13.6. The number of aryl methyl sites for hydroxylation is 3. The Balaban J connectivity index is 0.915. The Labute approximate surface area is 340 Å². The van der Waals surface area contributed by atoms with Crippen molar-refractivity contribution in [2.75, 3.05) is 98.7 Å². The number of piperazine rings is 1. The third-order valence-corrected chi connectivity index (χ3v) is 10.6. The van der Waals surface area contributed by atoms with Crippen LogP contribution in [-0.4, -0.2) is 138 Å². The molecule has 12 heteroatoms. The summed E-state index contributed by atoms with van der Waals surface area (Å²) in [4.78, 5) is 30.1. The standard InChI is InChI=1S/C45H66N2O10/c1-34-30-35(2)40(36(3)31-34)41-42(55-32-37-10-8-7-9-11-37)45(57-43(41)49)14-12-38(13-15-45)54-29-28-52-25-24-50-22-20-46-16-18-47(19-17-46)21-23-51-26-27-53-33-39(48)56-44(4,5)6/h7-11,30-31,38H,12-29,32-33H2,1-6H3. The topological polar surface area (TPSA) is 114 Å². The van der Waals surface area contributed by atoms with Gasteiger partial charge in [-0.1, -0.05) is 48.0 Å². The van der Waals surface area contributed by atoms with Crippen molar-refractivity contribution in [2.24, 2.45) is 0 Å². The van der Waals surface area contributed by atoms with Crippen LogP contribution in [-0.2, 0) is 54.1 Å². The van der Waals surface area contributed by atoms with Crippen LogP contribution in [0.3, 0.4) is 0 Å². The Morgan fingerprint density at radius 1 is 0.772 bits per heavy atom. The first kappa shape index (κ1) is 44.7. The smallest absolute Gasteiger partial charge is 0.343 e. The number of ether oxygens (including phenoxy) is 8. The van der Waals surface area contributed by atoms with Gasteiger partial charge in [0, 0.05) is 39.3 Å². The van der Waals surface area contributed by atoms with E-state index in [4.69, 9.17) is 37.9 Å². The molecule has 0 radical (unpaired) electrons. The molecule has 2 aromatic carbocycles. The summed E-state index contributed by atoms with van der Waals surface area (Å²) in [5.74, 6) is -0.000836. The second-order valence-electron chi connectivity index (χ2n) is 16.4. The molecular weight excluding hydrogens is 728 g/mol. The number of rotatable bonds is 22. The highest BCUT2D eigenvalue weighted by atomic mass is 16.6. The molecule has 2 aromatic rings. The number of nitrogens with zero attached hydrogens (tertiary/aromatic N) is 2. The van der Waals surface area contributed by atoms with Crippen LogP contribution in [0.2, 0.25) is 0 Å². The fourth-order valence-electron chi connectivity index (χ4n) is 7.84. The van der Waals surface area contributed by atoms with Crippen molar-refractivity contribution in [3.63, 3.8) is 0 Å². The number of hydrogen-bond donors (Lipinski definition) is 0. The number of hydrogen-bond acceptors (Lipinski definition) is 12. The van der Waals surface area contributed by atoms with Crippen molar-refractivity contribution < 1.29 is 47.5 Å². The molecule has 57 heavy (non-hydrogen) atoms. The van der Waals surface area contributed by atoms with E-state index in [1.165, 1.54) is 0 Å². The molecule has 0 bridgehead atoms. The monoisotopic (exact) mass is 794 g/mol. The van der Waals surface area contributed by atoms with Gasteiger partial charge in [0.15, 0.2) is 11.4 Å². The number of carbonyl (C=O) groups excluding carboxylic acids is 2. The molecule has 0 unspecified atom stereocenters.